The minimum atomic E-state index is -0.0582. The highest BCUT2D eigenvalue weighted by atomic mass is 16.2. The Bertz CT molecular complexity index is 672. The lowest BCUT2D eigenvalue weighted by molar-refractivity contribution is -0.122. The van der Waals surface area contributed by atoms with Gasteiger partial charge in [0.1, 0.15) is 12.4 Å². The molecule has 0 atom stereocenters. The molecule has 1 aliphatic rings. The van der Waals surface area contributed by atoms with Gasteiger partial charge in [-0.3, -0.25) is 9.48 Å². The number of hydrogen-bond acceptors (Lipinski definition) is 4. The molecular weight excluding hydrogens is 280 g/mol. The van der Waals surface area contributed by atoms with Gasteiger partial charge in [0.2, 0.25) is 5.91 Å². The standard InChI is InChI=1S/C15H22N6O/c1-11-8-12(2)21(19-11)10-15(22)16-9-14-18-17-13-6-4-3-5-7-20(13)14/h8H,3-7,9-10H2,1-2H3,(H,16,22). The predicted octanol–water partition coefficient (Wildman–Crippen LogP) is 1.13. The fourth-order valence-corrected chi connectivity index (χ4v) is 2.88. The van der Waals surface area contributed by atoms with E-state index in [1.165, 1.54) is 12.8 Å². The number of amides is 1. The lowest BCUT2D eigenvalue weighted by Gasteiger charge is -2.09. The molecule has 0 fully saturated rings. The summed E-state index contributed by atoms with van der Waals surface area (Å²) in [6.07, 6.45) is 4.53. The molecule has 22 heavy (non-hydrogen) atoms. The van der Waals surface area contributed by atoms with Crippen molar-refractivity contribution in [1.29, 1.82) is 0 Å². The summed E-state index contributed by atoms with van der Waals surface area (Å²) in [7, 11) is 0. The van der Waals surface area contributed by atoms with Gasteiger partial charge in [-0.25, -0.2) is 0 Å². The molecule has 3 heterocycles. The Morgan fingerprint density at radius 1 is 1.27 bits per heavy atom. The summed E-state index contributed by atoms with van der Waals surface area (Å²) in [6.45, 7) is 5.48. The normalized spacial score (nSPS) is 14.5. The predicted molar refractivity (Wildman–Crippen MR) is 81.1 cm³/mol. The Kier molecular flexibility index (Phi) is 4.22. The molecule has 2 aromatic rings. The summed E-state index contributed by atoms with van der Waals surface area (Å²) in [5, 5.41) is 15.7. The molecule has 2 aromatic heterocycles. The van der Waals surface area contributed by atoms with Crippen LogP contribution in [0.3, 0.4) is 0 Å². The minimum Gasteiger partial charge on any atom is -0.347 e. The first-order valence-electron chi connectivity index (χ1n) is 7.82. The molecule has 0 saturated carbocycles. The van der Waals surface area contributed by atoms with Crippen LogP contribution in [0.15, 0.2) is 6.07 Å². The van der Waals surface area contributed by atoms with Gasteiger partial charge in [-0.15, -0.1) is 10.2 Å². The second-order valence-electron chi connectivity index (χ2n) is 5.86. The van der Waals surface area contributed by atoms with E-state index < -0.39 is 0 Å². The smallest absolute Gasteiger partial charge is 0.242 e. The molecule has 1 N–H and O–H groups in total. The number of fused-ring (bicyclic) bond motifs is 1. The van der Waals surface area contributed by atoms with Crippen LogP contribution >= 0.6 is 0 Å². The highest BCUT2D eigenvalue weighted by Crippen LogP contribution is 2.14. The second-order valence-corrected chi connectivity index (χ2v) is 5.86. The largest absolute Gasteiger partial charge is 0.347 e. The second kappa shape index (κ2) is 6.29. The van der Waals surface area contributed by atoms with Crippen LogP contribution in [0, 0.1) is 13.8 Å². The lowest BCUT2D eigenvalue weighted by Crippen LogP contribution is -2.29. The average Bonchev–Trinajstić information content (AvgIpc) is 2.90. The monoisotopic (exact) mass is 302 g/mol. The van der Waals surface area contributed by atoms with Gasteiger partial charge in [0.05, 0.1) is 12.2 Å². The van der Waals surface area contributed by atoms with E-state index >= 15 is 0 Å². The fourth-order valence-electron chi connectivity index (χ4n) is 2.88. The molecule has 7 heteroatoms. The van der Waals surface area contributed by atoms with Crippen molar-refractivity contribution in [2.45, 2.75) is 59.2 Å². The van der Waals surface area contributed by atoms with Crippen molar-refractivity contribution < 1.29 is 4.79 Å². The first-order valence-corrected chi connectivity index (χ1v) is 7.82. The summed E-state index contributed by atoms with van der Waals surface area (Å²) in [6, 6.07) is 1.96. The van der Waals surface area contributed by atoms with E-state index in [4.69, 9.17) is 0 Å². The number of nitrogens with zero attached hydrogens (tertiary/aromatic N) is 5. The van der Waals surface area contributed by atoms with E-state index in [1.54, 1.807) is 4.68 Å². The van der Waals surface area contributed by atoms with E-state index in [-0.39, 0.29) is 12.5 Å². The SMILES string of the molecule is Cc1cc(C)n(CC(=O)NCc2nnc3n2CCCCC3)n1. The molecule has 0 bridgehead atoms. The van der Waals surface area contributed by atoms with E-state index in [2.05, 4.69) is 25.2 Å². The number of hydrogen-bond donors (Lipinski definition) is 1. The van der Waals surface area contributed by atoms with Crippen LogP contribution < -0.4 is 5.32 Å². The summed E-state index contributed by atoms with van der Waals surface area (Å²) >= 11 is 0. The van der Waals surface area contributed by atoms with Crippen molar-refractivity contribution in [2.75, 3.05) is 0 Å². The first-order chi connectivity index (χ1) is 10.6. The molecule has 3 rings (SSSR count). The van der Waals surface area contributed by atoms with Crippen LogP contribution in [0.5, 0.6) is 0 Å². The Hall–Kier alpha value is -2.18. The molecule has 0 spiro atoms. The topological polar surface area (TPSA) is 77.6 Å². The number of aromatic nitrogens is 5. The van der Waals surface area contributed by atoms with E-state index in [0.717, 1.165) is 42.4 Å². The Balaban J connectivity index is 1.59. The van der Waals surface area contributed by atoms with Gasteiger partial charge in [0.15, 0.2) is 5.82 Å². The summed E-state index contributed by atoms with van der Waals surface area (Å²) in [5.74, 6) is 1.83. The van der Waals surface area contributed by atoms with Gasteiger partial charge in [-0.2, -0.15) is 5.10 Å². The number of carbonyl (C=O) groups is 1. The summed E-state index contributed by atoms with van der Waals surface area (Å²) in [4.78, 5) is 12.1. The van der Waals surface area contributed by atoms with Crippen LogP contribution in [0.25, 0.3) is 0 Å². The first kappa shape index (κ1) is 14.7. The van der Waals surface area contributed by atoms with Crippen molar-refractivity contribution in [2.24, 2.45) is 0 Å². The quantitative estimate of drug-likeness (QED) is 0.918. The zero-order chi connectivity index (χ0) is 15.5. The molecular formula is C15H22N6O. The Morgan fingerprint density at radius 3 is 2.91 bits per heavy atom. The van der Waals surface area contributed by atoms with E-state index in [1.807, 2.05) is 19.9 Å². The maximum absolute atomic E-state index is 12.1. The third-order valence-electron chi connectivity index (χ3n) is 4.03. The van der Waals surface area contributed by atoms with Gasteiger partial charge in [0, 0.05) is 18.7 Å². The van der Waals surface area contributed by atoms with Crippen molar-refractivity contribution in [3.8, 4) is 0 Å². The zero-order valence-corrected chi connectivity index (χ0v) is 13.2. The van der Waals surface area contributed by atoms with Gasteiger partial charge in [-0.05, 0) is 32.8 Å². The fraction of sp³-hybridized carbons (Fsp3) is 0.600. The van der Waals surface area contributed by atoms with Crippen molar-refractivity contribution in [3.63, 3.8) is 0 Å². The molecule has 0 aromatic carbocycles. The van der Waals surface area contributed by atoms with E-state index in [0.29, 0.717) is 6.54 Å². The Morgan fingerprint density at radius 2 is 2.14 bits per heavy atom. The average molecular weight is 302 g/mol. The van der Waals surface area contributed by atoms with Gasteiger partial charge >= 0.3 is 0 Å². The third kappa shape index (κ3) is 3.18. The van der Waals surface area contributed by atoms with Gasteiger partial charge in [0.25, 0.3) is 0 Å². The summed E-state index contributed by atoms with van der Waals surface area (Å²) < 4.78 is 3.87. The molecule has 118 valence electrons. The number of nitrogens with one attached hydrogen (secondary N) is 1. The van der Waals surface area contributed by atoms with Crippen molar-refractivity contribution >= 4 is 5.91 Å². The molecule has 0 saturated heterocycles. The minimum absolute atomic E-state index is 0.0582. The summed E-state index contributed by atoms with van der Waals surface area (Å²) in [5.41, 5.74) is 1.91. The van der Waals surface area contributed by atoms with Crippen molar-refractivity contribution in [3.05, 3.63) is 29.1 Å². The Labute approximate surface area is 129 Å². The van der Waals surface area contributed by atoms with Crippen LogP contribution in [-0.4, -0.2) is 30.5 Å². The van der Waals surface area contributed by atoms with Crippen LogP contribution in [0.2, 0.25) is 0 Å². The maximum atomic E-state index is 12.1. The number of carbonyl (C=O) groups excluding carboxylic acids is 1. The maximum Gasteiger partial charge on any atom is 0.242 e. The zero-order valence-electron chi connectivity index (χ0n) is 13.2. The molecule has 1 amide bonds. The number of aryl methyl sites for hydroxylation is 3. The van der Waals surface area contributed by atoms with Gasteiger partial charge in [-0.1, -0.05) is 6.42 Å². The molecule has 1 aliphatic heterocycles. The van der Waals surface area contributed by atoms with Crippen molar-refractivity contribution in [1.82, 2.24) is 29.9 Å². The van der Waals surface area contributed by atoms with E-state index in [9.17, 15) is 4.79 Å². The van der Waals surface area contributed by atoms with Crippen LogP contribution in [0.1, 0.15) is 42.3 Å². The number of rotatable bonds is 4. The highest BCUT2D eigenvalue weighted by molar-refractivity contribution is 5.75. The van der Waals surface area contributed by atoms with Crippen LogP contribution in [0.4, 0.5) is 0 Å². The molecule has 0 radical (unpaired) electrons. The highest BCUT2D eigenvalue weighted by Gasteiger charge is 2.15. The van der Waals surface area contributed by atoms with Gasteiger partial charge < -0.3 is 9.88 Å². The molecule has 0 unspecified atom stereocenters. The lowest BCUT2D eigenvalue weighted by atomic mass is 10.2. The third-order valence-corrected chi connectivity index (χ3v) is 4.03. The molecule has 0 aliphatic carbocycles. The van der Waals surface area contributed by atoms with Crippen LogP contribution in [-0.2, 0) is 30.8 Å². The molecule has 7 nitrogen and oxygen atoms in total.